The molecular formula is C16H18FN3O2. The minimum Gasteiger partial charge on any atom is -0.458 e. The van der Waals surface area contributed by atoms with Gasteiger partial charge >= 0.3 is 5.97 Å². The fourth-order valence-corrected chi connectivity index (χ4v) is 2.76. The van der Waals surface area contributed by atoms with E-state index in [4.69, 9.17) is 4.74 Å². The van der Waals surface area contributed by atoms with Crippen LogP contribution in [0.25, 0.3) is 5.69 Å². The maximum absolute atomic E-state index is 13.8. The van der Waals surface area contributed by atoms with Crippen LogP contribution in [-0.4, -0.2) is 27.1 Å². The van der Waals surface area contributed by atoms with E-state index in [2.05, 4.69) is 10.3 Å². The molecule has 2 aromatic rings. The lowest BCUT2D eigenvalue weighted by Crippen LogP contribution is -2.21. The summed E-state index contributed by atoms with van der Waals surface area (Å²) >= 11 is 0. The molecule has 1 aromatic carbocycles. The second-order valence-corrected chi connectivity index (χ2v) is 5.55. The standard InChI is InChI=1S/C16H18FN3O2/c1-11-15(16(21)22-12-7-3-2-4-8-12)18-19-20(11)14-10-6-5-9-13(14)17/h5-6,9-10,12H,2-4,7-8H2,1H3. The molecule has 0 aliphatic heterocycles. The van der Waals surface area contributed by atoms with Gasteiger partial charge in [0, 0.05) is 0 Å². The number of esters is 1. The van der Waals surface area contributed by atoms with E-state index in [1.54, 1.807) is 25.1 Å². The van der Waals surface area contributed by atoms with Crippen LogP contribution >= 0.6 is 0 Å². The van der Waals surface area contributed by atoms with Crippen molar-refractivity contribution in [1.29, 1.82) is 0 Å². The average molecular weight is 303 g/mol. The number of nitrogens with zero attached hydrogens (tertiary/aromatic N) is 3. The van der Waals surface area contributed by atoms with Gasteiger partial charge in [0.15, 0.2) is 5.69 Å². The second-order valence-electron chi connectivity index (χ2n) is 5.55. The molecule has 0 N–H and O–H groups in total. The van der Waals surface area contributed by atoms with Crippen molar-refractivity contribution in [2.45, 2.75) is 45.1 Å². The third-order valence-corrected chi connectivity index (χ3v) is 3.99. The minimum atomic E-state index is -0.480. The van der Waals surface area contributed by atoms with Crippen molar-refractivity contribution in [2.75, 3.05) is 0 Å². The Morgan fingerprint density at radius 1 is 1.27 bits per heavy atom. The zero-order chi connectivity index (χ0) is 15.5. The van der Waals surface area contributed by atoms with Crippen LogP contribution in [0.15, 0.2) is 24.3 Å². The number of halogens is 1. The van der Waals surface area contributed by atoms with E-state index in [0.717, 1.165) is 25.7 Å². The van der Waals surface area contributed by atoms with Crippen LogP contribution in [0.1, 0.15) is 48.3 Å². The van der Waals surface area contributed by atoms with Gasteiger partial charge in [-0.2, -0.15) is 0 Å². The number of para-hydroxylation sites is 1. The van der Waals surface area contributed by atoms with Gasteiger partial charge in [0.25, 0.3) is 0 Å². The van der Waals surface area contributed by atoms with E-state index >= 15 is 0 Å². The maximum atomic E-state index is 13.8. The fraction of sp³-hybridized carbons (Fsp3) is 0.438. The first-order valence-electron chi connectivity index (χ1n) is 7.55. The molecule has 1 saturated carbocycles. The molecular weight excluding hydrogens is 285 g/mol. The summed E-state index contributed by atoms with van der Waals surface area (Å²) in [5, 5.41) is 7.76. The van der Waals surface area contributed by atoms with Crippen molar-refractivity contribution < 1.29 is 13.9 Å². The third-order valence-electron chi connectivity index (χ3n) is 3.99. The Bertz CT molecular complexity index is 678. The van der Waals surface area contributed by atoms with Crippen LogP contribution in [0.5, 0.6) is 0 Å². The second kappa shape index (κ2) is 6.25. The SMILES string of the molecule is Cc1c(C(=O)OC2CCCCC2)nnn1-c1ccccc1F. The maximum Gasteiger partial charge on any atom is 0.361 e. The van der Waals surface area contributed by atoms with E-state index in [1.165, 1.54) is 17.2 Å². The molecule has 6 heteroatoms. The number of carbonyl (C=O) groups is 1. The molecule has 1 aliphatic rings. The van der Waals surface area contributed by atoms with E-state index in [1.807, 2.05) is 0 Å². The molecule has 0 bridgehead atoms. The lowest BCUT2D eigenvalue weighted by Gasteiger charge is -2.21. The molecule has 0 unspecified atom stereocenters. The highest BCUT2D eigenvalue weighted by atomic mass is 19.1. The number of aromatic nitrogens is 3. The quantitative estimate of drug-likeness (QED) is 0.817. The van der Waals surface area contributed by atoms with Crippen molar-refractivity contribution in [2.24, 2.45) is 0 Å². The summed E-state index contributed by atoms with van der Waals surface area (Å²) in [6, 6.07) is 6.24. The van der Waals surface area contributed by atoms with Gasteiger partial charge in [-0.25, -0.2) is 13.9 Å². The van der Waals surface area contributed by atoms with Crippen molar-refractivity contribution in [1.82, 2.24) is 15.0 Å². The van der Waals surface area contributed by atoms with Crippen LogP contribution in [0.2, 0.25) is 0 Å². The predicted molar refractivity (Wildman–Crippen MR) is 78.3 cm³/mol. The molecule has 5 nitrogen and oxygen atoms in total. The Kier molecular flexibility index (Phi) is 4.18. The van der Waals surface area contributed by atoms with Gasteiger partial charge in [-0.3, -0.25) is 0 Å². The smallest absolute Gasteiger partial charge is 0.361 e. The number of rotatable bonds is 3. The van der Waals surface area contributed by atoms with Crippen molar-refractivity contribution >= 4 is 5.97 Å². The number of carbonyl (C=O) groups excluding carboxylic acids is 1. The molecule has 1 fully saturated rings. The number of benzene rings is 1. The first-order valence-corrected chi connectivity index (χ1v) is 7.55. The molecule has 0 atom stereocenters. The van der Waals surface area contributed by atoms with Gasteiger partial charge in [0.05, 0.1) is 5.69 Å². The zero-order valence-electron chi connectivity index (χ0n) is 12.5. The minimum absolute atomic E-state index is 0.0424. The summed E-state index contributed by atoms with van der Waals surface area (Å²) in [5.74, 6) is -0.894. The Morgan fingerprint density at radius 3 is 2.73 bits per heavy atom. The van der Waals surface area contributed by atoms with Crippen molar-refractivity contribution in [3.63, 3.8) is 0 Å². The Morgan fingerprint density at radius 2 is 2.00 bits per heavy atom. The van der Waals surface area contributed by atoms with Crippen molar-refractivity contribution in [3.05, 3.63) is 41.5 Å². The largest absolute Gasteiger partial charge is 0.458 e. The molecule has 0 saturated heterocycles. The normalized spacial score (nSPS) is 15.7. The van der Waals surface area contributed by atoms with E-state index in [-0.39, 0.29) is 17.5 Å². The molecule has 0 spiro atoms. The van der Waals surface area contributed by atoms with Crippen LogP contribution < -0.4 is 0 Å². The Hall–Kier alpha value is -2.24. The summed E-state index contributed by atoms with van der Waals surface area (Å²) in [4.78, 5) is 12.2. The van der Waals surface area contributed by atoms with Gasteiger partial charge in [-0.15, -0.1) is 5.10 Å². The molecule has 3 rings (SSSR count). The summed E-state index contributed by atoms with van der Waals surface area (Å²) in [6.07, 6.45) is 5.10. The molecule has 22 heavy (non-hydrogen) atoms. The molecule has 1 aliphatic carbocycles. The summed E-state index contributed by atoms with van der Waals surface area (Å²) < 4.78 is 20.6. The van der Waals surface area contributed by atoms with Gasteiger partial charge in [0.1, 0.15) is 17.6 Å². The van der Waals surface area contributed by atoms with Gasteiger partial charge in [-0.05, 0) is 44.7 Å². The molecule has 116 valence electrons. The lowest BCUT2D eigenvalue weighted by atomic mass is 9.98. The third kappa shape index (κ3) is 2.86. The molecule has 1 aromatic heterocycles. The molecule has 1 heterocycles. The highest BCUT2D eigenvalue weighted by Gasteiger charge is 2.24. The van der Waals surface area contributed by atoms with Crippen molar-refractivity contribution in [3.8, 4) is 5.69 Å². The number of hydrogen-bond acceptors (Lipinski definition) is 4. The van der Waals surface area contributed by atoms with Crippen LogP contribution in [-0.2, 0) is 4.74 Å². The van der Waals surface area contributed by atoms with E-state index in [9.17, 15) is 9.18 Å². The average Bonchev–Trinajstić information content (AvgIpc) is 2.90. The molecule has 0 radical (unpaired) electrons. The summed E-state index contributed by atoms with van der Waals surface area (Å²) in [7, 11) is 0. The van der Waals surface area contributed by atoms with Gasteiger partial charge in [-0.1, -0.05) is 23.8 Å². The lowest BCUT2D eigenvalue weighted by molar-refractivity contribution is 0.0203. The van der Waals surface area contributed by atoms with Crippen LogP contribution in [0.3, 0.4) is 0 Å². The monoisotopic (exact) mass is 303 g/mol. The number of ether oxygens (including phenoxy) is 1. The summed E-state index contributed by atoms with van der Waals surface area (Å²) in [6.45, 7) is 1.68. The number of hydrogen-bond donors (Lipinski definition) is 0. The predicted octanol–water partition coefficient (Wildman–Crippen LogP) is 3.20. The van der Waals surface area contributed by atoms with Crippen LogP contribution in [0, 0.1) is 12.7 Å². The summed E-state index contributed by atoms with van der Waals surface area (Å²) in [5.41, 5.74) is 0.893. The zero-order valence-corrected chi connectivity index (χ0v) is 12.5. The molecule has 0 amide bonds. The van der Waals surface area contributed by atoms with Gasteiger partial charge in [0.2, 0.25) is 0 Å². The van der Waals surface area contributed by atoms with Crippen LogP contribution in [0.4, 0.5) is 4.39 Å². The first-order chi connectivity index (χ1) is 10.7. The van der Waals surface area contributed by atoms with E-state index in [0.29, 0.717) is 5.69 Å². The highest BCUT2D eigenvalue weighted by Crippen LogP contribution is 2.22. The topological polar surface area (TPSA) is 57.0 Å². The highest BCUT2D eigenvalue weighted by molar-refractivity contribution is 5.88. The fourth-order valence-electron chi connectivity index (χ4n) is 2.76. The van der Waals surface area contributed by atoms with E-state index < -0.39 is 11.8 Å². The van der Waals surface area contributed by atoms with Gasteiger partial charge < -0.3 is 4.74 Å². The Balaban J connectivity index is 1.81. The Labute approximate surface area is 128 Å². The first kappa shape index (κ1) is 14.7.